The molecule has 114 valence electrons. The van der Waals surface area contributed by atoms with Gasteiger partial charge in [0.05, 0.1) is 5.69 Å². The number of aliphatic hydroxyl groups is 1. The summed E-state index contributed by atoms with van der Waals surface area (Å²) in [7, 11) is 0. The van der Waals surface area contributed by atoms with Gasteiger partial charge in [-0.15, -0.1) is 11.3 Å². The number of thiophene rings is 1. The van der Waals surface area contributed by atoms with Crippen molar-refractivity contribution in [3.8, 4) is 6.07 Å². The van der Waals surface area contributed by atoms with Gasteiger partial charge >= 0.3 is 0 Å². The minimum absolute atomic E-state index is 0.141. The summed E-state index contributed by atoms with van der Waals surface area (Å²) in [6.07, 6.45) is 1.95. The number of carbonyl (C=O) groups is 1. The quantitative estimate of drug-likeness (QED) is 0.774. The number of hydrogen-bond acceptors (Lipinski definition) is 6. The first-order chi connectivity index (χ1) is 10.1. The van der Waals surface area contributed by atoms with Gasteiger partial charge in [0.2, 0.25) is 0 Å². The zero-order valence-electron chi connectivity index (χ0n) is 12.1. The van der Waals surface area contributed by atoms with Gasteiger partial charge in [-0.2, -0.15) is 5.26 Å². The molecular weight excluding hydrogens is 288 g/mol. The number of anilines is 2. The van der Waals surface area contributed by atoms with Crippen LogP contribution in [0.25, 0.3) is 0 Å². The third-order valence-electron chi connectivity index (χ3n) is 3.65. The van der Waals surface area contributed by atoms with Crippen LogP contribution in [-0.4, -0.2) is 37.3 Å². The van der Waals surface area contributed by atoms with Crippen molar-refractivity contribution in [3.63, 3.8) is 0 Å². The molecule has 0 aliphatic carbocycles. The molecule has 1 aliphatic heterocycles. The summed E-state index contributed by atoms with van der Waals surface area (Å²) in [5.41, 5.74) is 6.60. The Balaban J connectivity index is 2.33. The minimum Gasteiger partial charge on any atom is -0.396 e. The van der Waals surface area contributed by atoms with Crippen molar-refractivity contribution in [3.05, 3.63) is 10.4 Å². The number of nitrogens with one attached hydrogen (secondary N) is 1. The maximum atomic E-state index is 12.0. The van der Waals surface area contributed by atoms with Crippen molar-refractivity contribution in [2.75, 3.05) is 36.9 Å². The lowest BCUT2D eigenvalue weighted by molar-refractivity contribution is 0.0960. The molecule has 1 saturated heterocycles. The zero-order chi connectivity index (χ0) is 15.4. The van der Waals surface area contributed by atoms with Crippen molar-refractivity contribution in [1.82, 2.24) is 5.32 Å². The SMILES string of the molecule is CCNC(=O)c1sc(N2CCCC(CO)C2)c(C#N)c1N. The van der Waals surface area contributed by atoms with Crippen LogP contribution in [0.5, 0.6) is 0 Å². The smallest absolute Gasteiger partial charge is 0.263 e. The van der Waals surface area contributed by atoms with Crippen LogP contribution in [0.1, 0.15) is 35.0 Å². The van der Waals surface area contributed by atoms with E-state index in [2.05, 4.69) is 16.3 Å². The van der Waals surface area contributed by atoms with E-state index in [1.165, 1.54) is 11.3 Å². The highest BCUT2D eigenvalue weighted by molar-refractivity contribution is 7.19. The van der Waals surface area contributed by atoms with Gasteiger partial charge in [0, 0.05) is 26.2 Å². The molecule has 0 spiro atoms. The van der Waals surface area contributed by atoms with Crippen LogP contribution in [0.2, 0.25) is 0 Å². The number of amides is 1. The van der Waals surface area contributed by atoms with E-state index in [1.54, 1.807) is 0 Å². The molecule has 1 aromatic heterocycles. The Labute approximate surface area is 128 Å². The number of rotatable bonds is 4. The number of aliphatic hydroxyl groups excluding tert-OH is 1. The average molecular weight is 308 g/mol. The number of nitrogen functional groups attached to an aromatic ring is 1. The van der Waals surface area contributed by atoms with Crippen molar-refractivity contribution < 1.29 is 9.90 Å². The summed E-state index contributed by atoms with van der Waals surface area (Å²) in [6.45, 7) is 4.01. The Morgan fingerprint density at radius 2 is 2.43 bits per heavy atom. The molecule has 0 saturated carbocycles. The van der Waals surface area contributed by atoms with E-state index in [-0.39, 0.29) is 24.1 Å². The Bertz CT molecular complexity index is 564. The molecule has 6 nitrogen and oxygen atoms in total. The summed E-state index contributed by atoms with van der Waals surface area (Å²) in [4.78, 5) is 14.5. The summed E-state index contributed by atoms with van der Waals surface area (Å²) in [5.74, 6) is -0.0278. The standard InChI is InChI=1S/C14H20N4O2S/c1-2-17-13(20)12-11(16)10(6-15)14(21-12)18-5-3-4-9(7-18)8-19/h9,19H,2-5,7-8,16H2,1H3,(H,17,20). The molecule has 4 N–H and O–H groups in total. The van der Waals surface area contributed by atoms with E-state index in [9.17, 15) is 15.2 Å². The monoisotopic (exact) mass is 308 g/mol. The number of nitriles is 1. The lowest BCUT2D eigenvalue weighted by Crippen LogP contribution is -2.36. The second-order valence-electron chi connectivity index (χ2n) is 5.13. The zero-order valence-corrected chi connectivity index (χ0v) is 12.9. The van der Waals surface area contributed by atoms with E-state index in [4.69, 9.17) is 5.73 Å². The number of piperidine rings is 1. The predicted octanol–water partition coefficient (Wildman–Crippen LogP) is 1.16. The molecule has 0 bridgehead atoms. The molecule has 1 aromatic rings. The number of hydrogen-bond donors (Lipinski definition) is 3. The summed E-state index contributed by atoms with van der Waals surface area (Å²) in [5, 5.41) is 22.1. The van der Waals surface area contributed by atoms with Gasteiger partial charge in [-0.05, 0) is 25.7 Å². The fraction of sp³-hybridized carbons (Fsp3) is 0.571. The molecule has 1 amide bonds. The van der Waals surface area contributed by atoms with Gasteiger partial charge in [0.15, 0.2) is 0 Å². The fourth-order valence-corrected chi connectivity index (χ4v) is 3.69. The van der Waals surface area contributed by atoms with Gasteiger partial charge in [0.25, 0.3) is 5.91 Å². The lowest BCUT2D eigenvalue weighted by Gasteiger charge is -2.32. The summed E-state index contributed by atoms with van der Waals surface area (Å²) in [6, 6.07) is 2.11. The molecule has 2 rings (SSSR count). The molecule has 2 heterocycles. The van der Waals surface area contributed by atoms with Gasteiger partial charge in [-0.25, -0.2) is 0 Å². The average Bonchev–Trinajstić information content (AvgIpc) is 2.84. The first-order valence-electron chi connectivity index (χ1n) is 7.08. The Morgan fingerprint density at radius 3 is 3.05 bits per heavy atom. The Kier molecular flexibility index (Phi) is 5.04. The third kappa shape index (κ3) is 3.12. The van der Waals surface area contributed by atoms with Crippen LogP contribution in [0.4, 0.5) is 10.7 Å². The summed E-state index contributed by atoms with van der Waals surface area (Å²) >= 11 is 1.26. The Morgan fingerprint density at radius 1 is 1.67 bits per heavy atom. The largest absolute Gasteiger partial charge is 0.396 e. The molecule has 0 aromatic carbocycles. The van der Waals surface area contributed by atoms with Gasteiger partial charge in [-0.1, -0.05) is 0 Å². The topological polar surface area (TPSA) is 102 Å². The van der Waals surface area contributed by atoms with E-state index in [0.717, 1.165) is 24.4 Å². The molecule has 1 unspecified atom stereocenters. The van der Waals surface area contributed by atoms with Gasteiger partial charge in [-0.3, -0.25) is 4.79 Å². The molecular formula is C14H20N4O2S. The second-order valence-corrected chi connectivity index (χ2v) is 6.13. The van der Waals surface area contributed by atoms with Crippen molar-refractivity contribution in [2.45, 2.75) is 19.8 Å². The normalized spacial score (nSPS) is 18.3. The highest BCUT2D eigenvalue weighted by atomic mass is 32.1. The van der Waals surface area contributed by atoms with E-state index >= 15 is 0 Å². The molecule has 21 heavy (non-hydrogen) atoms. The third-order valence-corrected chi connectivity index (χ3v) is 4.91. The van der Waals surface area contributed by atoms with Crippen LogP contribution in [0, 0.1) is 17.2 Å². The van der Waals surface area contributed by atoms with Crippen LogP contribution in [0.3, 0.4) is 0 Å². The molecule has 1 atom stereocenters. The predicted molar refractivity (Wildman–Crippen MR) is 83.5 cm³/mol. The fourth-order valence-electron chi connectivity index (χ4n) is 2.57. The minimum atomic E-state index is -0.238. The number of carbonyl (C=O) groups excluding carboxylic acids is 1. The van der Waals surface area contributed by atoms with Gasteiger partial charge in [0.1, 0.15) is 21.5 Å². The molecule has 1 aliphatic rings. The number of nitrogens with zero attached hydrogens (tertiary/aromatic N) is 2. The second kappa shape index (κ2) is 6.78. The van der Waals surface area contributed by atoms with Crippen LogP contribution < -0.4 is 16.0 Å². The van der Waals surface area contributed by atoms with Crippen LogP contribution in [0.15, 0.2) is 0 Å². The van der Waals surface area contributed by atoms with Crippen molar-refractivity contribution in [2.24, 2.45) is 5.92 Å². The maximum Gasteiger partial charge on any atom is 0.263 e. The van der Waals surface area contributed by atoms with E-state index in [0.29, 0.717) is 23.5 Å². The molecule has 1 fully saturated rings. The molecule has 0 radical (unpaired) electrons. The van der Waals surface area contributed by atoms with Crippen LogP contribution >= 0.6 is 11.3 Å². The summed E-state index contributed by atoms with van der Waals surface area (Å²) < 4.78 is 0. The van der Waals surface area contributed by atoms with Gasteiger partial charge < -0.3 is 21.1 Å². The maximum absolute atomic E-state index is 12.0. The number of nitrogens with two attached hydrogens (primary N) is 1. The van der Waals surface area contributed by atoms with E-state index < -0.39 is 0 Å². The van der Waals surface area contributed by atoms with Crippen molar-refractivity contribution in [1.29, 1.82) is 5.26 Å². The van der Waals surface area contributed by atoms with E-state index in [1.807, 2.05) is 6.92 Å². The highest BCUT2D eigenvalue weighted by Gasteiger charge is 2.27. The first-order valence-corrected chi connectivity index (χ1v) is 7.90. The Hall–Kier alpha value is -1.78. The molecule has 7 heteroatoms. The first kappa shape index (κ1) is 15.6. The lowest BCUT2D eigenvalue weighted by atomic mass is 9.99. The van der Waals surface area contributed by atoms with Crippen molar-refractivity contribution >= 4 is 27.9 Å². The van der Waals surface area contributed by atoms with Crippen LogP contribution in [-0.2, 0) is 0 Å². The highest BCUT2D eigenvalue weighted by Crippen LogP contribution is 2.39.